The van der Waals surface area contributed by atoms with Crippen molar-refractivity contribution >= 4 is 20.0 Å². The van der Waals surface area contributed by atoms with Crippen molar-refractivity contribution in [3.63, 3.8) is 0 Å². The molecule has 11 heteroatoms. The third-order valence-corrected chi connectivity index (χ3v) is 10.3. The van der Waals surface area contributed by atoms with Crippen LogP contribution in [0.4, 0.5) is 0 Å². The number of aliphatic hydroxyl groups excluding tert-OH is 1. The second-order valence-corrected chi connectivity index (χ2v) is 13.3. The van der Waals surface area contributed by atoms with Crippen LogP contribution in [0.3, 0.4) is 0 Å². The van der Waals surface area contributed by atoms with E-state index in [2.05, 4.69) is 11.8 Å². The minimum atomic E-state index is -4.01. The van der Waals surface area contributed by atoms with Gasteiger partial charge in [-0.25, -0.2) is 16.8 Å². The van der Waals surface area contributed by atoms with Gasteiger partial charge in [-0.15, -0.1) is 0 Å². The van der Waals surface area contributed by atoms with Gasteiger partial charge in [0, 0.05) is 43.6 Å². The zero-order valence-corrected chi connectivity index (χ0v) is 24.0. The maximum atomic E-state index is 13.6. The number of hydrogen-bond donors (Lipinski definition) is 1. The Morgan fingerprint density at radius 2 is 2.00 bits per heavy atom. The van der Waals surface area contributed by atoms with Crippen LogP contribution < -0.4 is 9.47 Å². The van der Waals surface area contributed by atoms with Gasteiger partial charge in [-0.3, -0.25) is 0 Å². The summed E-state index contributed by atoms with van der Waals surface area (Å²) in [6, 6.07) is 10.2. The van der Waals surface area contributed by atoms with Crippen LogP contribution >= 0.6 is 0 Å². The molecule has 9 nitrogen and oxygen atoms in total. The Morgan fingerprint density at radius 1 is 1.26 bits per heavy atom. The summed E-state index contributed by atoms with van der Waals surface area (Å²) < 4.78 is 67.8. The van der Waals surface area contributed by atoms with Crippen LogP contribution in [-0.4, -0.2) is 76.6 Å². The molecular formula is C27H36N2O7S2. The highest BCUT2D eigenvalue weighted by atomic mass is 32.2. The summed E-state index contributed by atoms with van der Waals surface area (Å²) in [5, 5.41) is 9.81. The largest absolute Gasteiger partial charge is 0.497 e. The zero-order chi connectivity index (χ0) is 28.1. The van der Waals surface area contributed by atoms with Gasteiger partial charge in [-0.1, -0.05) is 31.8 Å². The molecule has 1 N–H and O–H groups in total. The molecule has 0 spiro atoms. The molecule has 0 unspecified atom stereocenters. The molecule has 2 aromatic carbocycles. The molecule has 208 valence electrons. The standard InChI is InChI=1S/C27H36N2O7S2/c1-6-7-8-10-22-13-14-27-25(15-22)36-26(20(2)17-29(21(3)19-30)38(27,33)34)18-28(4)37(31,32)24-12-9-11-23(16-24)35-5/h9,11-16,20-21,26,30H,6-7,17-19H2,1-5H3/t20-,21+,26-/m1/s1. The van der Waals surface area contributed by atoms with Crippen molar-refractivity contribution < 1.29 is 31.4 Å². The van der Waals surface area contributed by atoms with Gasteiger partial charge in [0.05, 0.1) is 25.2 Å². The Balaban J connectivity index is 2.04. The normalized spacial score (nSPS) is 20.3. The lowest BCUT2D eigenvalue weighted by Gasteiger charge is -2.37. The number of rotatable bonds is 8. The smallest absolute Gasteiger partial charge is 0.247 e. The Kier molecular flexibility index (Phi) is 9.84. The highest BCUT2D eigenvalue weighted by Gasteiger charge is 2.39. The zero-order valence-electron chi connectivity index (χ0n) is 22.4. The SMILES string of the molecule is CCCC#Cc1ccc2c(c1)O[C@H](CN(C)S(=O)(=O)c1cccc(OC)c1)[C@H](C)CN([C@@H](C)CO)S2(=O)=O. The summed E-state index contributed by atoms with van der Waals surface area (Å²) in [4.78, 5) is 0.0267. The number of likely N-dealkylation sites (N-methyl/N-ethyl adjacent to an activating group) is 1. The van der Waals surface area contributed by atoms with Gasteiger partial charge < -0.3 is 14.6 Å². The molecule has 0 saturated carbocycles. The van der Waals surface area contributed by atoms with Crippen LogP contribution in [0, 0.1) is 17.8 Å². The molecule has 0 fully saturated rings. The van der Waals surface area contributed by atoms with Crippen LogP contribution in [0.1, 0.15) is 39.2 Å². The molecule has 38 heavy (non-hydrogen) atoms. The molecule has 1 aliphatic rings. The second-order valence-electron chi connectivity index (χ2n) is 9.42. The molecule has 3 atom stereocenters. The van der Waals surface area contributed by atoms with E-state index in [4.69, 9.17) is 9.47 Å². The monoisotopic (exact) mass is 564 g/mol. The molecule has 2 aromatic rings. The molecule has 0 aliphatic carbocycles. The fourth-order valence-corrected chi connectivity index (χ4v) is 7.15. The second kappa shape index (κ2) is 12.5. The van der Waals surface area contributed by atoms with Crippen LogP contribution in [0.5, 0.6) is 11.5 Å². The molecule has 0 bridgehead atoms. The topological polar surface area (TPSA) is 113 Å². The number of unbranched alkanes of at least 4 members (excludes halogenated alkanes) is 1. The molecule has 3 rings (SSSR count). The molecule has 0 aromatic heterocycles. The van der Waals surface area contributed by atoms with Crippen molar-refractivity contribution in [2.75, 3.05) is 33.9 Å². The van der Waals surface area contributed by atoms with E-state index in [9.17, 15) is 21.9 Å². The van der Waals surface area contributed by atoms with Gasteiger partial charge in [-0.05, 0) is 43.7 Å². The fraction of sp³-hybridized carbons (Fsp3) is 0.481. The van der Waals surface area contributed by atoms with Crippen molar-refractivity contribution in [3.8, 4) is 23.3 Å². The maximum Gasteiger partial charge on any atom is 0.247 e. The molecule has 0 saturated heterocycles. The first-order chi connectivity index (χ1) is 17.9. The summed E-state index contributed by atoms with van der Waals surface area (Å²) in [5.41, 5.74) is 0.596. The first-order valence-electron chi connectivity index (χ1n) is 12.5. The molecule has 1 aliphatic heterocycles. The molecule has 0 radical (unpaired) electrons. The van der Waals surface area contributed by atoms with Crippen LogP contribution in [0.15, 0.2) is 52.3 Å². The third-order valence-electron chi connectivity index (χ3n) is 6.46. The summed E-state index contributed by atoms with van der Waals surface area (Å²) in [6.45, 7) is 5.10. The van der Waals surface area contributed by atoms with E-state index in [0.717, 1.165) is 6.42 Å². The van der Waals surface area contributed by atoms with Crippen molar-refractivity contribution in [2.45, 2.75) is 55.5 Å². The van der Waals surface area contributed by atoms with E-state index in [1.807, 2.05) is 6.92 Å². The minimum absolute atomic E-state index is 0.0344. The number of aliphatic hydroxyl groups is 1. The number of ether oxygens (including phenoxy) is 2. The summed E-state index contributed by atoms with van der Waals surface area (Å²) >= 11 is 0. The average Bonchev–Trinajstić information content (AvgIpc) is 2.90. The van der Waals surface area contributed by atoms with Gasteiger partial charge in [0.2, 0.25) is 20.0 Å². The van der Waals surface area contributed by atoms with E-state index in [-0.39, 0.29) is 35.2 Å². The predicted molar refractivity (Wildman–Crippen MR) is 145 cm³/mol. The lowest BCUT2D eigenvalue weighted by Crippen LogP contribution is -2.50. The average molecular weight is 565 g/mol. The quantitative estimate of drug-likeness (QED) is 0.491. The van der Waals surface area contributed by atoms with Crippen LogP contribution in [0.2, 0.25) is 0 Å². The highest BCUT2D eigenvalue weighted by molar-refractivity contribution is 7.89. The Hall–Kier alpha value is -2.62. The molecule has 1 heterocycles. The number of benzene rings is 2. The molecule has 0 amide bonds. The Morgan fingerprint density at radius 3 is 2.66 bits per heavy atom. The highest BCUT2D eigenvalue weighted by Crippen LogP contribution is 2.34. The lowest BCUT2D eigenvalue weighted by molar-refractivity contribution is 0.0904. The molecular weight excluding hydrogens is 528 g/mol. The number of hydrogen-bond acceptors (Lipinski definition) is 7. The minimum Gasteiger partial charge on any atom is -0.497 e. The van der Waals surface area contributed by atoms with Gasteiger partial charge in [0.15, 0.2) is 0 Å². The van der Waals surface area contributed by atoms with Crippen molar-refractivity contribution in [2.24, 2.45) is 5.92 Å². The van der Waals surface area contributed by atoms with E-state index >= 15 is 0 Å². The van der Waals surface area contributed by atoms with E-state index in [1.165, 1.54) is 41.0 Å². The van der Waals surface area contributed by atoms with Gasteiger partial charge >= 0.3 is 0 Å². The van der Waals surface area contributed by atoms with Gasteiger partial charge in [0.25, 0.3) is 0 Å². The Bertz CT molecular complexity index is 1400. The number of sulfonamides is 2. The number of fused-ring (bicyclic) bond motifs is 1. The van der Waals surface area contributed by atoms with Crippen molar-refractivity contribution in [1.29, 1.82) is 0 Å². The van der Waals surface area contributed by atoms with E-state index in [0.29, 0.717) is 17.7 Å². The summed E-state index contributed by atoms with van der Waals surface area (Å²) in [7, 11) is -4.98. The summed E-state index contributed by atoms with van der Waals surface area (Å²) in [6.07, 6.45) is 0.900. The first kappa shape index (κ1) is 29.9. The van der Waals surface area contributed by atoms with Crippen LogP contribution in [-0.2, 0) is 20.0 Å². The maximum absolute atomic E-state index is 13.6. The Labute approximate surface area is 226 Å². The van der Waals surface area contributed by atoms with Crippen molar-refractivity contribution in [3.05, 3.63) is 48.0 Å². The van der Waals surface area contributed by atoms with Gasteiger partial charge in [0.1, 0.15) is 22.5 Å². The third kappa shape index (κ3) is 6.50. The first-order valence-corrected chi connectivity index (χ1v) is 15.4. The van der Waals surface area contributed by atoms with E-state index < -0.39 is 38.1 Å². The lowest BCUT2D eigenvalue weighted by atomic mass is 10.0. The fourth-order valence-electron chi connectivity index (χ4n) is 4.10. The van der Waals surface area contributed by atoms with Crippen molar-refractivity contribution in [1.82, 2.24) is 8.61 Å². The van der Waals surface area contributed by atoms with E-state index in [1.54, 1.807) is 38.1 Å². The predicted octanol–water partition coefficient (Wildman–Crippen LogP) is 2.94. The van der Waals surface area contributed by atoms with Crippen LogP contribution in [0.25, 0.3) is 0 Å². The summed E-state index contributed by atoms with van der Waals surface area (Å²) in [5.74, 6) is 6.19. The number of methoxy groups -OCH3 is 1. The van der Waals surface area contributed by atoms with Gasteiger partial charge in [-0.2, -0.15) is 8.61 Å². The number of nitrogens with zero attached hydrogens (tertiary/aromatic N) is 2.